The van der Waals surface area contributed by atoms with Crippen molar-refractivity contribution in [2.45, 2.75) is 24.8 Å². The third-order valence-electron chi connectivity index (χ3n) is 2.92. The van der Waals surface area contributed by atoms with Crippen molar-refractivity contribution in [3.63, 3.8) is 0 Å². The minimum absolute atomic E-state index is 0.000352. The molecule has 0 aliphatic heterocycles. The van der Waals surface area contributed by atoms with Gasteiger partial charge in [0, 0.05) is 5.54 Å². The first-order valence-electron chi connectivity index (χ1n) is 5.17. The first-order chi connectivity index (χ1) is 7.17. The molecule has 1 aliphatic rings. The Morgan fingerprint density at radius 1 is 1.27 bits per heavy atom. The van der Waals surface area contributed by atoms with Gasteiger partial charge in [-0.1, -0.05) is 0 Å². The van der Waals surface area contributed by atoms with Crippen LogP contribution in [0.15, 0.2) is 18.2 Å². The van der Waals surface area contributed by atoms with Gasteiger partial charge in [0.1, 0.15) is 11.5 Å². The highest BCUT2D eigenvalue weighted by Gasteiger charge is 2.38. The van der Waals surface area contributed by atoms with Crippen LogP contribution < -0.4 is 15.2 Å². The van der Waals surface area contributed by atoms with Gasteiger partial charge in [-0.15, -0.1) is 0 Å². The molecule has 1 aromatic carbocycles. The van der Waals surface area contributed by atoms with E-state index in [9.17, 15) is 0 Å². The van der Waals surface area contributed by atoms with E-state index < -0.39 is 0 Å². The summed E-state index contributed by atoms with van der Waals surface area (Å²) in [5, 5.41) is 0. The molecule has 1 aliphatic carbocycles. The van der Waals surface area contributed by atoms with Crippen molar-refractivity contribution in [3.8, 4) is 11.5 Å². The molecule has 2 rings (SSSR count). The van der Waals surface area contributed by atoms with E-state index in [1.54, 1.807) is 14.2 Å². The van der Waals surface area contributed by atoms with Crippen LogP contribution >= 0.6 is 0 Å². The van der Waals surface area contributed by atoms with Crippen LogP contribution in [-0.2, 0) is 6.42 Å². The lowest BCUT2D eigenvalue weighted by Gasteiger charge is -2.13. The fraction of sp³-hybridized carbons (Fsp3) is 0.500. The average Bonchev–Trinajstić information content (AvgIpc) is 2.96. The van der Waals surface area contributed by atoms with Crippen molar-refractivity contribution in [1.82, 2.24) is 0 Å². The first-order valence-corrected chi connectivity index (χ1v) is 5.17. The summed E-state index contributed by atoms with van der Waals surface area (Å²) < 4.78 is 10.5. The molecule has 1 saturated carbocycles. The topological polar surface area (TPSA) is 44.5 Å². The first kappa shape index (κ1) is 10.3. The largest absolute Gasteiger partial charge is 0.497 e. The fourth-order valence-electron chi connectivity index (χ4n) is 1.74. The maximum absolute atomic E-state index is 6.10. The molecule has 3 heteroatoms. The molecule has 3 nitrogen and oxygen atoms in total. The molecule has 0 aromatic heterocycles. The van der Waals surface area contributed by atoms with Gasteiger partial charge in [-0.25, -0.2) is 0 Å². The van der Waals surface area contributed by atoms with E-state index in [-0.39, 0.29) is 5.54 Å². The molecule has 0 amide bonds. The third-order valence-corrected chi connectivity index (χ3v) is 2.92. The molecule has 0 unspecified atom stereocenters. The summed E-state index contributed by atoms with van der Waals surface area (Å²) in [7, 11) is 3.35. The number of hydrogen-bond acceptors (Lipinski definition) is 3. The van der Waals surface area contributed by atoms with E-state index in [0.717, 1.165) is 36.3 Å². The second kappa shape index (κ2) is 3.74. The van der Waals surface area contributed by atoms with Gasteiger partial charge >= 0.3 is 0 Å². The number of hydrogen-bond donors (Lipinski definition) is 1. The van der Waals surface area contributed by atoms with Crippen LogP contribution in [-0.4, -0.2) is 19.8 Å². The van der Waals surface area contributed by atoms with Crippen molar-refractivity contribution < 1.29 is 9.47 Å². The van der Waals surface area contributed by atoms with Crippen molar-refractivity contribution in [3.05, 3.63) is 23.8 Å². The molecule has 1 aromatic rings. The van der Waals surface area contributed by atoms with Crippen LogP contribution in [0.25, 0.3) is 0 Å². The molecule has 1 fully saturated rings. The smallest absolute Gasteiger partial charge is 0.122 e. The highest BCUT2D eigenvalue weighted by molar-refractivity contribution is 5.41. The Balaban J connectivity index is 2.25. The number of benzene rings is 1. The Bertz CT molecular complexity index is 359. The average molecular weight is 207 g/mol. The standard InChI is InChI=1S/C12H17NO2/c1-14-10-3-4-11(15-2)9(7-10)8-12(13)5-6-12/h3-4,7H,5-6,8,13H2,1-2H3. The fourth-order valence-corrected chi connectivity index (χ4v) is 1.74. The van der Waals surface area contributed by atoms with Crippen molar-refractivity contribution in [2.75, 3.05) is 14.2 Å². The highest BCUT2D eigenvalue weighted by atomic mass is 16.5. The molecular weight excluding hydrogens is 190 g/mol. The number of methoxy groups -OCH3 is 2. The molecular formula is C12H17NO2. The minimum atomic E-state index is -0.000352. The lowest BCUT2D eigenvalue weighted by Crippen LogP contribution is -2.24. The minimum Gasteiger partial charge on any atom is -0.497 e. The van der Waals surface area contributed by atoms with E-state index in [4.69, 9.17) is 15.2 Å². The van der Waals surface area contributed by atoms with Crippen LogP contribution in [0.2, 0.25) is 0 Å². The maximum atomic E-state index is 6.10. The monoisotopic (exact) mass is 207 g/mol. The Kier molecular flexibility index (Phi) is 2.57. The molecule has 0 spiro atoms. The highest BCUT2D eigenvalue weighted by Crippen LogP contribution is 2.38. The zero-order valence-electron chi connectivity index (χ0n) is 9.25. The molecule has 0 radical (unpaired) electrons. The van der Waals surface area contributed by atoms with Crippen LogP contribution in [0.5, 0.6) is 11.5 Å². The van der Waals surface area contributed by atoms with Crippen LogP contribution in [0.3, 0.4) is 0 Å². The normalized spacial score (nSPS) is 17.3. The summed E-state index contributed by atoms with van der Waals surface area (Å²) in [5.41, 5.74) is 7.23. The van der Waals surface area contributed by atoms with Crippen LogP contribution in [0, 0.1) is 0 Å². The zero-order chi connectivity index (χ0) is 10.9. The molecule has 15 heavy (non-hydrogen) atoms. The second-order valence-electron chi connectivity index (χ2n) is 4.22. The predicted octanol–water partition coefficient (Wildman–Crippen LogP) is 1.74. The van der Waals surface area contributed by atoms with E-state index >= 15 is 0 Å². The van der Waals surface area contributed by atoms with Gasteiger partial charge in [-0.2, -0.15) is 0 Å². The van der Waals surface area contributed by atoms with E-state index in [0.29, 0.717) is 0 Å². The number of rotatable bonds is 4. The van der Waals surface area contributed by atoms with Gasteiger partial charge in [-0.05, 0) is 43.0 Å². The SMILES string of the molecule is COc1ccc(OC)c(CC2(N)CC2)c1. The summed E-state index contributed by atoms with van der Waals surface area (Å²) in [5.74, 6) is 1.75. The summed E-state index contributed by atoms with van der Waals surface area (Å²) >= 11 is 0. The lowest BCUT2D eigenvalue weighted by atomic mass is 10.0. The zero-order valence-corrected chi connectivity index (χ0v) is 9.25. The van der Waals surface area contributed by atoms with E-state index in [1.807, 2.05) is 18.2 Å². The summed E-state index contributed by atoms with van der Waals surface area (Å²) in [4.78, 5) is 0. The summed E-state index contributed by atoms with van der Waals surface area (Å²) in [6, 6.07) is 5.84. The van der Waals surface area contributed by atoms with Crippen LogP contribution in [0.4, 0.5) is 0 Å². The second-order valence-corrected chi connectivity index (χ2v) is 4.22. The van der Waals surface area contributed by atoms with Crippen molar-refractivity contribution >= 4 is 0 Å². The molecule has 82 valence electrons. The lowest BCUT2D eigenvalue weighted by molar-refractivity contribution is 0.397. The molecule has 0 heterocycles. The predicted molar refractivity (Wildman–Crippen MR) is 59.4 cm³/mol. The van der Waals surface area contributed by atoms with Gasteiger partial charge in [0.25, 0.3) is 0 Å². The van der Waals surface area contributed by atoms with Gasteiger partial charge in [0.15, 0.2) is 0 Å². The Hall–Kier alpha value is -1.22. The van der Waals surface area contributed by atoms with Crippen molar-refractivity contribution in [1.29, 1.82) is 0 Å². The van der Waals surface area contributed by atoms with E-state index in [2.05, 4.69) is 0 Å². The molecule has 0 bridgehead atoms. The third kappa shape index (κ3) is 2.23. The summed E-state index contributed by atoms with van der Waals surface area (Å²) in [6.07, 6.45) is 3.08. The van der Waals surface area contributed by atoms with Gasteiger partial charge < -0.3 is 15.2 Å². The maximum Gasteiger partial charge on any atom is 0.122 e. The van der Waals surface area contributed by atoms with Crippen LogP contribution in [0.1, 0.15) is 18.4 Å². The van der Waals surface area contributed by atoms with Gasteiger partial charge in [-0.3, -0.25) is 0 Å². The molecule has 2 N–H and O–H groups in total. The molecule has 0 saturated heterocycles. The quantitative estimate of drug-likeness (QED) is 0.817. The van der Waals surface area contributed by atoms with Gasteiger partial charge in [0.05, 0.1) is 14.2 Å². The molecule has 0 atom stereocenters. The number of ether oxygens (including phenoxy) is 2. The Morgan fingerprint density at radius 2 is 2.00 bits per heavy atom. The summed E-state index contributed by atoms with van der Waals surface area (Å²) in [6.45, 7) is 0. The number of nitrogens with two attached hydrogens (primary N) is 1. The Labute approximate surface area is 90.2 Å². The Morgan fingerprint density at radius 3 is 2.53 bits per heavy atom. The van der Waals surface area contributed by atoms with Gasteiger partial charge in [0.2, 0.25) is 0 Å². The van der Waals surface area contributed by atoms with Crippen molar-refractivity contribution in [2.24, 2.45) is 5.73 Å². The van der Waals surface area contributed by atoms with E-state index in [1.165, 1.54) is 0 Å².